The molecule has 0 atom stereocenters. The van der Waals surface area contributed by atoms with Crippen LogP contribution < -0.4 is 10.2 Å². The van der Waals surface area contributed by atoms with Crippen LogP contribution in [0.3, 0.4) is 0 Å². The number of nitrogens with one attached hydrogen (secondary N) is 2. The van der Waals surface area contributed by atoms with Crippen molar-refractivity contribution in [3.8, 4) is 0 Å². The molecule has 0 spiro atoms. The molecule has 0 aliphatic carbocycles. The summed E-state index contributed by atoms with van der Waals surface area (Å²) < 4.78 is 13.7. The van der Waals surface area contributed by atoms with E-state index in [-0.39, 0.29) is 5.82 Å². The monoisotopic (exact) mass is 376 g/mol. The minimum Gasteiger partial charge on any atom is -0.369 e. The van der Waals surface area contributed by atoms with Gasteiger partial charge in [0.25, 0.3) is 0 Å². The van der Waals surface area contributed by atoms with Gasteiger partial charge in [0, 0.05) is 54.4 Å². The molecule has 2 aromatic heterocycles. The average molecular weight is 376 g/mol. The molecule has 0 radical (unpaired) electrons. The predicted molar refractivity (Wildman–Crippen MR) is 111 cm³/mol. The number of piperazine rings is 1. The van der Waals surface area contributed by atoms with E-state index in [0.29, 0.717) is 11.3 Å². The molecule has 1 aliphatic heterocycles. The zero-order chi connectivity index (χ0) is 19.1. The SMILES string of the molecule is CN1CCN(c2ccc(Nc3nc4cc(F)ccc4c4cn[nH]c34)cc2)CC1. The highest BCUT2D eigenvalue weighted by Crippen LogP contribution is 2.30. The molecule has 4 aromatic rings. The first-order valence-electron chi connectivity index (χ1n) is 9.40. The first kappa shape index (κ1) is 16.9. The number of aromatic amines is 1. The summed E-state index contributed by atoms with van der Waals surface area (Å²) in [5.74, 6) is 0.336. The van der Waals surface area contributed by atoms with Crippen molar-refractivity contribution >= 4 is 39.0 Å². The van der Waals surface area contributed by atoms with E-state index in [1.165, 1.54) is 17.8 Å². The zero-order valence-corrected chi connectivity index (χ0v) is 15.6. The molecule has 3 heterocycles. The van der Waals surface area contributed by atoms with Crippen LogP contribution in [0, 0.1) is 5.82 Å². The first-order valence-corrected chi connectivity index (χ1v) is 9.40. The first-order chi connectivity index (χ1) is 13.7. The summed E-state index contributed by atoms with van der Waals surface area (Å²) in [5, 5.41) is 12.3. The van der Waals surface area contributed by atoms with E-state index >= 15 is 0 Å². The van der Waals surface area contributed by atoms with Crippen LogP contribution in [0.5, 0.6) is 0 Å². The Balaban J connectivity index is 1.45. The molecule has 0 bridgehead atoms. The Morgan fingerprint density at radius 2 is 1.79 bits per heavy atom. The number of benzene rings is 2. The Morgan fingerprint density at radius 1 is 1.00 bits per heavy atom. The van der Waals surface area contributed by atoms with Gasteiger partial charge < -0.3 is 15.1 Å². The van der Waals surface area contributed by atoms with E-state index < -0.39 is 0 Å². The van der Waals surface area contributed by atoms with Crippen LogP contribution in [-0.2, 0) is 0 Å². The van der Waals surface area contributed by atoms with Crippen LogP contribution in [-0.4, -0.2) is 53.3 Å². The maximum Gasteiger partial charge on any atom is 0.157 e. The predicted octanol–water partition coefficient (Wildman–Crippen LogP) is 3.75. The molecule has 142 valence electrons. The smallest absolute Gasteiger partial charge is 0.157 e. The average Bonchev–Trinajstić information content (AvgIpc) is 3.19. The molecule has 0 unspecified atom stereocenters. The van der Waals surface area contributed by atoms with Crippen LogP contribution in [0.1, 0.15) is 0 Å². The lowest BCUT2D eigenvalue weighted by atomic mass is 10.1. The summed E-state index contributed by atoms with van der Waals surface area (Å²) in [7, 11) is 2.16. The van der Waals surface area contributed by atoms with Gasteiger partial charge in [0.15, 0.2) is 5.82 Å². The van der Waals surface area contributed by atoms with Gasteiger partial charge in [-0.25, -0.2) is 9.37 Å². The van der Waals surface area contributed by atoms with Crippen molar-refractivity contribution in [1.29, 1.82) is 0 Å². The van der Waals surface area contributed by atoms with Crippen molar-refractivity contribution in [3.05, 3.63) is 54.5 Å². The Labute approximate surface area is 162 Å². The van der Waals surface area contributed by atoms with Gasteiger partial charge in [-0.15, -0.1) is 0 Å². The van der Waals surface area contributed by atoms with Crippen molar-refractivity contribution in [1.82, 2.24) is 20.1 Å². The molecule has 1 saturated heterocycles. The Bertz CT molecular complexity index is 1130. The van der Waals surface area contributed by atoms with Gasteiger partial charge in [-0.05, 0) is 43.4 Å². The summed E-state index contributed by atoms with van der Waals surface area (Å²) in [6.45, 7) is 4.23. The number of aromatic nitrogens is 3. The molecule has 1 aliphatic rings. The van der Waals surface area contributed by atoms with Crippen LogP contribution in [0.25, 0.3) is 21.8 Å². The molecule has 6 nitrogen and oxygen atoms in total. The minimum atomic E-state index is -0.301. The number of fused-ring (bicyclic) bond motifs is 3. The Hall–Kier alpha value is -3.19. The number of pyridine rings is 1. The normalized spacial score (nSPS) is 15.4. The second-order valence-corrected chi connectivity index (χ2v) is 7.24. The number of H-pyrrole nitrogens is 1. The maximum absolute atomic E-state index is 13.7. The fourth-order valence-corrected chi connectivity index (χ4v) is 3.72. The molecule has 5 rings (SSSR count). The quantitative estimate of drug-likeness (QED) is 0.570. The number of halogens is 1. The van der Waals surface area contributed by atoms with Crippen molar-refractivity contribution < 1.29 is 4.39 Å². The molecule has 1 fully saturated rings. The van der Waals surface area contributed by atoms with E-state index in [1.54, 1.807) is 12.3 Å². The molecule has 0 saturated carbocycles. The lowest BCUT2D eigenvalue weighted by molar-refractivity contribution is 0.313. The third kappa shape index (κ3) is 3.03. The summed E-state index contributed by atoms with van der Waals surface area (Å²) in [4.78, 5) is 9.35. The summed E-state index contributed by atoms with van der Waals surface area (Å²) >= 11 is 0. The molecule has 7 heteroatoms. The second-order valence-electron chi connectivity index (χ2n) is 7.24. The van der Waals surface area contributed by atoms with E-state index in [2.05, 4.69) is 49.5 Å². The van der Waals surface area contributed by atoms with E-state index in [4.69, 9.17) is 0 Å². The van der Waals surface area contributed by atoms with Crippen LogP contribution in [0.2, 0.25) is 0 Å². The number of nitrogens with zero attached hydrogens (tertiary/aromatic N) is 4. The lowest BCUT2D eigenvalue weighted by Gasteiger charge is -2.34. The fraction of sp³-hybridized carbons (Fsp3) is 0.238. The number of likely N-dealkylation sites (N-methyl/N-ethyl adjacent to an activating group) is 1. The summed E-state index contributed by atoms with van der Waals surface area (Å²) in [6, 6.07) is 13.0. The molecule has 2 aromatic carbocycles. The Kier molecular flexibility index (Phi) is 4.09. The maximum atomic E-state index is 13.7. The standard InChI is InChI=1S/C21H21FN6/c1-27-8-10-28(11-9-27)16-5-3-15(4-6-16)24-21-20-18(13-23-26-20)17-7-2-14(22)12-19(17)25-21/h2-7,12-13H,8-11H2,1H3,(H,23,26)(H,24,25). The van der Waals surface area contributed by atoms with Crippen LogP contribution >= 0.6 is 0 Å². The molecular weight excluding hydrogens is 355 g/mol. The third-order valence-corrected chi connectivity index (χ3v) is 5.36. The number of hydrogen-bond acceptors (Lipinski definition) is 5. The van der Waals surface area contributed by atoms with E-state index in [1.807, 2.05) is 12.1 Å². The number of rotatable bonds is 3. The van der Waals surface area contributed by atoms with Gasteiger partial charge in [-0.1, -0.05) is 0 Å². The molecule has 2 N–H and O–H groups in total. The highest BCUT2D eigenvalue weighted by molar-refractivity contribution is 6.08. The molecule has 0 amide bonds. The Morgan fingerprint density at radius 3 is 2.57 bits per heavy atom. The minimum absolute atomic E-state index is 0.301. The summed E-state index contributed by atoms with van der Waals surface area (Å²) in [6.07, 6.45) is 1.75. The van der Waals surface area contributed by atoms with Gasteiger partial charge in [0.1, 0.15) is 11.3 Å². The zero-order valence-electron chi connectivity index (χ0n) is 15.6. The van der Waals surface area contributed by atoms with Crippen molar-refractivity contribution in [2.45, 2.75) is 0 Å². The van der Waals surface area contributed by atoms with E-state index in [9.17, 15) is 4.39 Å². The second kappa shape index (κ2) is 6.76. The number of hydrogen-bond donors (Lipinski definition) is 2. The lowest BCUT2D eigenvalue weighted by Crippen LogP contribution is -2.44. The highest BCUT2D eigenvalue weighted by Gasteiger charge is 2.15. The van der Waals surface area contributed by atoms with Crippen LogP contribution in [0.4, 0.5) is 21.6 Å². The van der Waals surface area contributed by atoms with Gasteiger partial charge >= 0.3 is 0 Å². The van der Waals surface area contributed by atoms with Crippen molar-refractivity contribution in [2.75, 3.05) is 43.4 Å². The molecule has 28 heavy (non-hydrogen) atoms. The van der Waals surface area contributed by atoms with Crippen LogP contribution in [0.15, 0.2) is 48.7 Å². The fourth-order valence-electron chi connectivity index (χ4n) is 3.72. The van der Waals surface area contributed by atoms with Gasteiger partial charge in [-0.2, -0.15) is 5.10 Å². The van der Waals surface area contributed by atoms with Crippen molar-refractivity contribution in [2.24, 2.45) is 0 Å². The van der Waals surface area contributed by atoms with Gasteiger partial charge in [0.05, 0.1) is 11.7 Å². The van der Waals surface area contributed by atoms with Crippen molar-refractivity contribution in [3.63, 3.8) is 0 Å². The third-order valence-electron chi connectivity index (χ3n) is 5.36. The van der Waals surface area contributed by atoms with Gasteiger partial charge in [-0.3, -0.25) is 5.10 Å². The van der Waals surface area contributed by atoms with Gasteiger partial charge in [0.2, 0.25) is 0 Å². The largest absolute Gasteiger partial charge is 0.369 e. The molecular formula is C21H21FN6. The summed E-state index contributed by atoms with van der Waals surface area (Å²) in [5.41, 5.74) is 3.56. The highest BCUT2D eigenvalue weighted by atomic mass is 19.1. The topological polar surface area (TPSA) is 60.1 Å². The number of anilines is 3. The van der Waals surface area contributed by atoms with E-state index in [0.717, 1.165) is 48.2 Å².